The smallest absolute Gasteiger partial charge is 0.253 e. The van der Waals surface area contributed by atoms with Gasteiger partial charge in [0.05, 0.1) is 5.69 Å². The van der Waals surface area contributed by atoms with Crippen LogP contribution < -0.4 is 5.32 Å². The molecule has 0 radical (unpaired) electrons. The van der Waals surface area contributed by atoms with E-state index in [0.717, 1.165) is 11.3 Å². The number of hydrogen-bond acceptors (Lipinski definition) is 6. The van der Waals surface area contributed by atoms with E-state index in [2.05, 4.69) is 15.4 Å². The summed E-state index contributed by atoms with van der Waals surface area (Å²) in [6.07, 6.45) is 4.28. The monoisotopic (exact) mass is 417 g/mol. The molecule has 1 N–H and O–H groups in total. The minimum Gasteiger partial charge on any atom is -0.351 e. The van der Waals surface area contributed by atoms with Gasteiger partial charge in [-0.15, -0.1) is 11.3 Å². The maximum atomic E-state index is 12.8. The van der Waals surface area contributed by atoms with E-state index in [-0.39, 0.29) is 10.1 Å². The Morgan fingerprint density at radius 2 is 2.07 bits per heavy atom. The third-order valence-corrected chi connectivity index (χ3v) is 7.93. The summed E-state index contributed by atoms with van der Waals surface area (Å²) >= 11 is 1.17. The highest BCUT2D eigenvalue weighted by Crippen LogP contribution is 2.28. The number of amides is 1. The topological polar surface area (TPSA) is 97.2 Å². The van der Waals surface area contributed by atoms with Crippen LogP contribution in [-0.2, 0) is 21.4 Å². The third kappa shape index (κ3) is 3.71. The van der Waals surface area contributed by atoms with Crippen molar-refractivity contribution in [2.45, 2.75) is 29.6 Å². The second kappa shape index (κ2) is 7.82. The van der Waals surface area contributed by atoms with Gasteiger partial charge in [0.2, 0.25) is 5.91 Å². The molecule has 1 atom stereocenters. The van der Waals surface area contributed by atoms with Gasteiger partial charge in [-0.25, -0.2) is 18.1 Å². The zero-order valence-electron chi connectivity index (χ0n) is 14.9. The second-order valence-electron chi connectivity index (χ2n) is 6.43. The first-order valence-corrected chi connectivity index (χ1v) is 11.1. The summed E-state index contributed by atoms with van der Waals surface area (Å²) in [5.74, 6) is -0.266. The van der Waals surface area contributed by atoms with Crippen LogP contribution in [0.4, 0.5) is 0 Å². The van der Waals surface area contributed by atoms with Crippen LogP contribution in [0.25, 0.3) is 5.69 Å². The van der Waals surface area contributed by atoms with Crippen molar-refractivity contribution in [2.24, 2.45) is 0 Å². The molecule has 8 nitrogen and oxygen atoms in total. The molecule has 28 heavy (non-hydrogen) atoms. The number of nitrogens with one attached hydrogen (secondary N) is 1. The molecule has 10 heteroatoms. The molecule has 0 saturated carbocycles. The average Bonchev–Trinajstić information content (AvgIpc) is 3.48. The Morgan fingerprint density at radius 3 is 2.75 bits per heavy atom. The number of aromatic nitrogens is 3. The van der Waals surface area contributed by atoms with E-state index in [0.29, 0.717) is 25.9 Å². The lowest BCUT2D eigenvalue weighted by molar-refractivity contribution is -0.124. The minimum absolute atomic E-state index is 0.266. The molecule has 1 aliphatic heterocycles. The summed E-state index contributed by atoms with van der Waals surface area (Å²) in [5, 5.41) is 8.66. The Balaban J connectivity index is 1.40. The number of rotatable bonds is 6. The van der Waals surface area contributed by atoms with Crippen molar-refractivity contribution in [3.8, 4) is 5.69 Å². The predicted octanol–water partition coefficient (Wildman–Crippen LogP) is 1.80. The van der Waals surface area contributed by atoms with Gasteiger partial charge in [-0.3, -0.25) is 4.79 Å². The molecule has 3 aromatic rings. The highest BCUT2D eigenvalue weighted by molar-refractivity contribution is 7.91. The van der Waals surface area contributed by atoms with Gasteiger partial charge in [0, 0.05) is 13.1 Å². The van der Waals surface area contributed by atoms with Gasteiger partial charge in [0.25, 0.3) is 10.0 Å². The van der Waals surface area contributed by atoms with Crippen molar-refractivity contribution in [3.05, 3.63) is 60.0 Å². The fraction of sp³-hybridized carbons (Fsp3) is 0.278. The highest BCUT2D eigenvalue weighted by Gasteiger charge is 2.39. The lowest BCUT2D eigenvalue weighted by Crippen LogP contribution is -2.45. The van der Waals surface area contributed by atoms with Gasteiger partial charge >= 0.3 is 0 Å². The van der Waals surface area contributed by atoms with Crippen molar-refractivity contribution >= 4 is 27.3 Å². The van der Waals surface area contributed by atoms with Crippen molar-refractivity contribution in [1.82, 2.24) is 24.4 Å². The first-order valence-electron chi connectivity index (χ1n) is 8.83. The molecule has 1 fully saturated rings. The minimum atomic E-state index is -3.63. The molecule has 4 rings (SSSR count). The van der Waals surface area contributed by atoms with Crippen LogP contribution in [0.15, 0.2) is 58.6 Å². The van der Waals surface area contributed by atoms with E-state index in [1.54, 1.807) is 28.5 Å². The summed E-state index contributed by atoms with van der Waals surface area (Å²) in [6.45, 7) is 0.699. The van der Waals surface area contributed by atoms with Crippen LogP contribution in [0.1, 0.15) is 18.4 Å². The van der Waals surface area contributed by atoms with Crippen LogP contribution in [0.2, 0.25) is 0 Å². The van der Waals surface area contributed by atoms with Gasteiger partial charge in [-0.2, -0.15) is 9.40 Å². The molecule has 146 valence electrons. The number of thiophene rings is 1. The first kappa shape index (κ1) is 18.8. The Bertz CT molecular complexity index is 1030. The molecule has 1 aliphatic rings. The lowest BCUT2D eigenvalue weighted by atomic mass is 10.2. The third-order valence-electron chi connectivity index (χ3n) is 4.65. The van der Waals surface area contributed by atoms with Gasteiger partial charge in [-0.1, -0.05) is 18.2 Å². The molecule has 1 amide bonds. The fourth-order valence-corrected chi connectivity index (χ4v) is 6.01. The van der Waals surface area contributed by atoms with E-state index < -0.39 is 16.1 Å². The summed E-state index contributed by atoms with van der Waals surface area (Å²) < 4.78 is 28.8. The Hall–Kier alpha value is -2.56. The first-order chi connectivity index (χ1) is 13.6. The maximum absolute atomic E-state index is 12.8. The standard InChI is InChI=1S/C18H19N5O3S2/c24-18(16-3-1-9-23(16)28(25,26)17-4-2-10-27-17)20-11-14-5-7-15(8-6-14)22-13-19-12-21-22/h2,4-8,10,12-13,16H,1,3,9,11H2,(H,20,24)/t16-/m1/s1. The van der Waals surface area contributed by atoms with Gasteiger partial charge in [-0.05, 0) is 42.0 Å². The molecule has 2 aromatic heterocycles. The molecule has 0 aliphatic carbocycles. The Morgan fingerprint density at radius 1 is 1.25 bits per heavy atom. The number of hydrogen-bond donors (Lipinski definition) is 1. The molecular weight excluding hydrogens is 398 g/mol. The zero-order valence-corrected chi connectivity index (χ0v) is 16.6. The van der Waals surface area contributed by atoms with E-state index in [1.165, 1.54) is 22.0 Å². The summed E-state index contributed by atoms with van der Waals surface area (Å²) in [7, 11) is -3.63. The molecular formula is C18H19N5O3S2. The van der Waals surface area contributed by atoms with Crippen molar-refractivity contribution in [1.29, 1.82) is 0 Å². The molecule has 0 spiro atoms. The summed E-state index contributed by atoms with van der Waals surface area (Å²) in [5.41, 5.74) is 1.79. The van der Waals surface area contributed by atoms with E-state index in [1.807, 2.05) is 24.3 Å². The number of sulfonamides is 1. The van der Waals surface area contributed by atoms with Crippen LogP contribution >= 0.6 is 11.3 Å². The SMILES string of the molecule is O=C(NCc1ccc(-n2cncn2)cc1)[C@H]1CCCN1S(=O)(=O)c1cccs1. The van der Waals surface area contributed by atoms with Crippen molar-refractivity contribution in [3.63, 3.8) is 0 Å². The highest BCUT2D eigenvalue weighted by atomic mass is 32.2. The lowest BCUT2D eigenvalue weighted by Gasteiger charge is -2.22. The molecule has 1 saturated heterocycles. The summed E-state index contributed by atoms with van der Waals surface area (Å²) in [4.78, 5) is 16.6. The Kier molecular flexibility index (Phi) is 5.25. The van der Waals surface area contributed by atoms with Gasteiger partial charge in [0.1, 0.15) is 22.9 Å². The van der Waals surface area contributed by atoms with E-state index >= 15 is 0 Å². The Labute approximate surface area is 166 Å². The predicted molar refractivity (Wildman–Crippen MR) is 104 cm³/mol. The molecule has 1 aromatic carbocycles. The van der Waals surface area contributed by atoms with Crippen LogP contribution in [0.5, 0.6) is 0 Å². The number of carbonyl (C=O) groups is 1. The van der Waals surface area contributed by atoms with Crippen LogP contribution in [0.3, 0.4) is 0 Å². The average molecular weight is 418 g/mol. The van der Waals surface area contributed by atoms with Gasteiger partial charge < -0.3 is 5.32 Å². The van der Waals surface area contributed by atoms with Crippen molar-refractivity contribution in [2.75, 3.05) is 6.54 Å². The second-order valence-corrected chi connectivity index (χ2v) is 9.50. The molecule has 0 bridgehead atoms. The largest absolute Gasteiger partial charge is 0.351 e. The maximum Gasteiger partial charge on any atom is 0.253 e. The number of carbonyl (C=O) groups excluding carboxylic acids is 1. The molecule has 0 unspecified atom stereocenters. The van der Waals surface area contributed by atoms with E-state index in [9.17, 15) is 13.2 Å². The number of benzene rings is 1. The van der Waals surface area contributed by atoms with E-state index in [4.69, 9.17) is 0 Å². The normalized spacial score (nSPS) is 17.6. The fourth-order valence-electron chi connectivity index (χ4n) is 3.23. The van der Waals surface area contributed by atoms with Crippen LogP contribution in [0, 0.1) is 0 Å². The van der Waals surface area contributed by atoms with Gasteiger partial charge in [0.15, 0.2) is 0 Å². The summed E-state index contributed by atoms with van der Waals surface area (Å²) in [6, 6.07) is 10.2. The number of nitrogens with zero attached hydrogens (tertiary/aromatic N) is 4. The zero-order chi connectivity index (χ0) is 19.6. The van der Waals surface area contributed by atoms with Crippen molar-refractivity contribution < 1.29 is 13.2 Å². The van der Waals surface area contributed by atoms with Crippen LogP contribution in [-0.4, -0.2) is 46.0 Å². The quantitative estimate of drug-likeness (QED) is 0.660. The molecule has 3 heterocycles.